The molecule has 1 atom stereocenters. The number of imidazole rings is 1. The highest BCUT2D eigenvalue weighted by Gasteiger charge is 2.08. The van der Waals surface area contributed by atoms with Gasteiger partial charge in [-0.2, -0.15) is 0 Å². The molecule has 4 nitrogen and oxygen atoms in total. The molecule has 3 aromatic rings. The second-order valence-corrected chi connectivity index (χ2v) is 4.44. The normalized spacial score (nSPS) is 12.8. The van der Waals surface area contributed by atoms with Crippen molar-refractivity contribution < 1.29 is 4.42 Å². The maximum atomic E-state index is 5.38. The van der Waals surface area contributed by atoms with Crippen molar-refractivity contribution in [1.82, 2.24) is 9.97 Å². The van der Waals surface area contributed by atoms with Crippen LogP contribution in [-0.2, 0) is 0 Å². The van der Waals surface area contributed by atoms with Crippen molar-refractivity contribution in [2.24, 2.45) is 0 Å². The first-order chi connectivity index (χ1) is 8.72. The molecule has 0 saturated carbocycles. The van der Waals surface area contributed by atoms with Gasteiger partial charge in [-0.15, -0.1) is 0 Å². The summed E-state index contributed by atoms with van der Waals surface area (Å²) >= 11 is 0. The molecule has 92 valence electrons. The van der Waals surface area contributed by atoms with Crippen LogP contribution in [0, 0.1) is 6.92 Å². The molecule has 2 N–H and O–H groups in total. The van der Waals surface area contributed by atoms with E-state index in [1.165, 1.54) is 0 Å². The van der Waals surface area contributed by atoms with Gasteiger partial charge in [0.25, 0.3) is 0 Å². The Labute approximate surface area is 105 Å². The highest BCUT2D eigenvalue weighted by molar-refractivity contribution is 5.79. The molecule has 18 heavy (non-hydrogen) atoms. The number of hydrogen-bond acceptors (Lipinski definition) is 3. The van der Waals surface area contributed by atoms with Crippen molar-refractivity contribution in [3.63, 3.8) is 0 Å². The van der Waals surface area contributed by atoms with Crippen LogP contribution in [0.3, 0.4) is 0 Å². The summed E-state index contributed by atoms with van der Waals surface area (Å²) in [4.78, 5) is 7.61. The van der Waals surface area contributed by atoms with E-state index in [9.17, 15) is 0 Å². The molecule has 3 rings (SSSR count). The third kappa shape index (κ3) is 1.97. The lowest BCUT2D eigenvalue weighted by molar-refractivity contribution is 0.490. The minimum Gasteiger partial charge on any atom is -0.467 e. The third-order valence-corrected chi connectivity index (χ3v) is 2.95. The number of H-pyrrole nitrogens is 1. The molecule has 2 heterocycles. The quantitative estimate of drug-likeness (QED) is 0.736. The Morgan fingerprint density at radius 3 is 3.00 bits per heavy atom. The Bertz CT molecular complexity index is 655. The Morgan fingerprint density at radius 1 is 1.33 bits per heavy atom. The molecule has 0 bridgehead atoms. The number of fused-ring (bicyclic) bond motifs is 1. The first-order valence-electron chi connectivity index (χ1n) is 5.99. The smallest absolute Gasteiger partial charge is 0.125 e. The summed E-state index contributed by atoms with van der Waals surface area (Å²) in [6.45, 7) is 4.03. The van der Waals surface area contributed by atoms with E-state index in [1.807, 2.05) is 31.2 Å². The van der Waals surface area contributed by atoms with Gasteiger partial charge in [0.05, 0.1) is 23.3 Å². The number of furan rings is 1. The summed E-state index contributed by atoms with van der Waals surface area (Å²) in [6.07, 6.45) is 1.69. The van der Waals surface area contributed by atoms with Gasteiger partial charge in [-0.25, -0.2) is 4.98 Å². The summed E-state index contributed by atoms with van der Waals surface area (Å²) in [6, 6.07) is 10.1. The maximum absolute atomic E-state index is 5.38. The van der Waals surface area contributed by atoms with Crippen molar-refractivity contribution in [3.8, 4) is 0 Å². The Kier molecular flexibility index (Phi) is 2.55. The number of anilines is 1. The molecule has 0 radical (unpaired) electrons. The van der Waals surface area contributed by atoms with Gasteiger partial charge in [-0.05, 0) is 44.2 Å². The van der Waals surface area contributed by atoms with Crippen LogP contribution in [0.25, 0.3) is 11.0 Å². The molecule has 0 aliphatic heterocycles. The van der Waals surface area contributed by atoms with Crippen LogP contribution in [-0.4, -0.2) is 9.97 Å². The van der Waals surface area contributed by atoms with Crippen LogP contribution in [0.2, 0.25) is 0 Å². The van der Waals surface area contributed by atoms with Crippen LogP contribution in [0.1, 0.15) is 24.6 Å². The van der Waals surface area contributed by atoms with Gasteiger partial charge in [0.15, 0.2) is 0 Å². The van der Waals surface area contributed by atoms with Crippen molar-refractivity contribution >= 4 is 16.7 Å². The monoisotopic (exact) mass is 241 g/mol. The number of nitrogens with zero attached hydrogens (tertiary/aromatic N) is 1. The van der Waals surface area contributed by atoms with E-state index >= 15 is 0 Å². The Morgan fingerprint density at radius 2 is 2.22 bits per heavy atom. The van der Waals surface area contributed by atoms with E-state index in [-0.39, 0.29) is 6.04 Å². The number of aromatic nitrogens is 2. The lowest BCUT2D eigenvalue weighted by atomic mass is 10.2. The zero-order chi connectivity index (χ0) is 12.5. The topological polar surface area (TPSA) is 53.9 Å². The fourth-order valence-corrected chi connectivity index (χ4v) is 2.09. The zero-order valence-electron chi connectivity index (χ0n) is 10.4. The third-order valence-electron chi connectivity index (χ3n) is 2.95. The summed E-state index contributed by atoms with van der Waals surface area (Å²) in [5, 5.41) is 3.40. The SMILES string of the molecule is Cc1nc2ccc(NC(C)c3ccco3)cc2[nH]1. The zero-order valence-corrected chi connectivity index (χ0v) is 10.4. The molecule has 0 fully saturated rings. The van der Waals surface area contributed by atoms with Gasteiger partial charge in [-0.3, -0.25) is 0 Å². The van der Waals surface area contributed by atoms with E-state index in [0.717, 1.165) is 28.3 Å². The average Bonchev–Trinajstić information content (AvgIpc) is 2.95. The Balaban J connectivity index is 1.86. The highest BCUT2D eigenvalue weighted by Crippen LogP contribution is 2.22. The fourth-order valence-electron chi connectivity index (χ4n) is 2.09. The minimum absolute atomic E-state index is 0.140. The molecule has 4 heteroatoms. The van der Waals surface area contributed by atoms with Crippen LogP contribution in [0.5, 0.6) is 0 Å². The average molecular weight is 241 g/mol. The summed E-state index contributed by atoms with van der Waals surface area (Å²) in [5.41, 5.74) is 3.09. The first kappa shape index (κ1) is 10.9. The summed E-state index contributed by atoms with van der Waals surface area (Å²) in [5.74, 6) is 1.86. The van der Waals surface area contributed by atoms with E-state index in [1.54, 1.807) is 6.26 Å². The summed E-state index contributed by atoms with van der Waals surface area (Å²) < 4.78 is 5.38. The number of aromatic amines is 1. The number of benzene rings is 1. The van der Waals surface area contributed by atoms with Gasteiger partial charge in [0.1, 0.15) is 11.6 Å². The van der Waals surface area contributed by atoms with E-state index < -0.39 is 0 Å². The van der Waals surface area contributed by atoms with Crippen LogP contribution < -0.4 is 5.32 Å². The molecule has 0 amide bonds. The molecular weight excluding hydrogens is 226 g/mol. The number of aryl methyl sites for hydroxylation is 1. The van der Waals surface area contributed by atoms with E-state index in [4.69, 9.17) is 4.42 Å². The van der Waals surface area contributed by atoms with Crippen molar-refractivity contribution in [2.75, 3.05) is 5.32 Å². The van der Waals surface area contributed by atoms with E-state index in [2.05, 4.69) is 28.3 Å². The minimum atomic E-state index is 0.140. The number of nitrogens with one attached hydrogen (secondary N) is 2. The van der Waals surface area contributed by atoms with Gasteiger partial charge in [0.2, 0.25) is 0 Å². The highest BCUT2D eigenvalue weighted by atomic mass is 16.3. The Hall–Kier alpha value is -2.23. The molecule has 1 aromatic carbocycles. The maximum Gasteiger partial charge on any atom is 0.125 e. The lowest BCUT2D eigenvalue weighted by Gasteiger charge is -2.12. The summed E-state index contributed by atoms with van der Waals surface area (Å²) in [7, 11) is 0. The molecule has 0 aliphatic rings. The van der Waals surface area contributed by atoms with Gasteiger partial charge in [-0.1, -0.05) is 0 Å². The van der Waals surface area contributed by atoms with Gasteiger partial charge in [0, 0.05) is 5.69 Å². The van der Waals surface area contributed by atoms with Gasteiger partial charge >= 0.3 is 0 Å². The molecule has 0 spiro atoms. The van der Waals surface area contributed by atoms with Crippen LogP contribution in [0.15, 0.2) is 41.0 Å². The molecule has 1 unspecified atom stereocenters. The van der Waals surface area contributed by atoms with E-state index in [0.29, 0.717) is 0 Å². The second-order valence-electron chi connectivity index (χ2n) is 4.44. The number of hydrogen-bond donors (Lipinski definition) is 2. The largest absolute Gasteiger partial charge is 0.467 e. The molecule has 0 aliphatic carbocycles. The van der Waals surface area contributed by atoms with Crippen LogP contribution >= 0.6 is 0 Å². The molecular formula is C14H15N3O. The molecule has 0 saturated heterocycles. The van der Waals surface area contributed by atoms with Crippen molar-refractivity contribution in [1.29, 1.82) is 0 Å². The standard InChI is InChI=1S/C14H15N3O/c1-9(14-4-3-7-18-14)15-11-5-6-12-13(8-11)17-10(2)16-12/h3-9,15H,1-2H3,(H,16,17). The second kappa shape index (κ2) is 4.22. The predicted molar refractivity (Wildman–Crippen MR) is 71.6 cm³/mol. The first-order valence-corrected chi connectivity index (χ1v) is 5.99. The predicted octanol–water partition coefficient (Wildman–Crippen LogP) is 3.64. The number of rotatable bonds is 3. The van der Waals surface area contributed by atoms with Crippen molar-refractivity contribution in [2.45, 2.75) is 19.9 Å². The van der Waals surface area contributed by atoms with Crippen molar-refractivity contribution in [3.05, 3.63) is 48.2 Å². The van der Waals surface area contributed by atoms with Crippen LogP contribution in [0.4, 0.5) is 5.69 Å². The fraction of sp³-hybridized carbons (Fsp3) is 0.214. The molecule has 2 aromatic heterocycles. The van der Waals surface area contributed by atoms with Gasteiger partial charge < -0.3 is 14.7 Å². The lowest BCUT2D eigenvalue weighted by Crippen LogP contribution is -2.05.